The van der Waals surface area contributed by atoms with Crippen LogP contribution in [0.5, 0.6) is 0 Å². The van der Waals surface area contributed by atoms with Crippen molar-refractivity contribution in [3.63, 3.8) is 0 Å². The molecule has 150 valence electrons. The Labute approximate surface area is 164 Å². The van der Waals surface area contributed by atoms with Crippen LogP contribution in [0.2, 0.25) is 0 Å². The van der Waals surface area contributed by atoms with E-state index >= 15 is 0 Å². The van der Waals surface area contributed by atoms with Crippen LogP contribution in [0.3, 0.4) is 0 Å². The van der Waals surface area contributed by atoms with E-state index in [0.29, 0.717) is 30.2 Å². The van der Waals surface area contributed by atoms with Crippen LogP contribution in [-0.4, -0.2) is 39.1 Å². The zero-order valence-electron chi connectivity index (χ0n) is 15.3. The molecule has 0 aliphatic carbocycles. The average molecular weight is 402 g/mol. The number of carbonyl (C=O) groups excluding carboxylic acids is 1. The SMILES string of the molecule is O=C(c1ccccn1)N1CCCC(c2nnc(-c3ccc(C(F)(F)F)cc3)o2)C1. The summed E-state index contributed by atoms with van der Waals surface area (Å²) in [7, 11) is 0. The fourth-order valence-corrected chi connectivity index (χ4v) is 3.33. The topological polar surface area (TPSA) is 72.1 Å². The summed E-state index contributed by atoms with van der Waals surface area (Å²) in [4.78, 5) is 18.4. The van der Waals surface area contributed by atoms with Crippen LogP contribution in [0.1, 0.15) is 40.7 Å². The largest absolute Gasteiger partial charge is 0.420 e. The van der Waals surface area contributed by atoms with Crippen molar-refractivity contribution in [1.29, 1.82) is 0 Å². The summed E-state index contributed by atoms with van der Waals surface area (Å²) in [5.74, 6) is 0.241. The summed E-state index contributed by atoms with van der Waals surface area (Å²) in [5, 5.41) is 8.03. The molecular formula is C20H17F3N4O2. The maximum Gasteiger partial charge on any atom is 0.416 e. The number of hydrogen-bond acceptors (Lipinski definition) is 5. The smallest absolute Gasteiger partial charge is 0.416 e. The Morgan fingerprint density at radius 1 is 1.10 bits per heavy atom. The predicted octanol–water partition coefficient (Wildman–Crippen LogP) is 4.17. The van der Waals surface area contributed by atoms with Gasteiger partial charge in [0.25, 0.3) is 5.91 Å². The molecule has 6 nitrogen and oxygen atoms in total. The second-order valence-electron chi connectivity index (χ2n) is 6.83. The number of aromatic nitrogens is 3. The summed E-state index contributed by atoms with van der Waals surface area (Å²) in [6.45, 7) is 1.04. The van der Waals surface area contributed by atoms with Gasteiger partial charge in [-0.05, 0) is 49.2 Å². The molecule has 0 N–H and O–H groups in total. The van der Waals surface area contributed by atoms with Gasteiger partial charge in [-0.25, -0.2) is 0 Å². The number of benzene rings is 1. The third-order valence-corrected chi connectivity index (χ3v) is 4.84. The lowest BCUT2D eigenvalue weighted by Crippen LogP contribution is -2.39. The summed E-state index contributed by atoms with van der Waals surface area (Å²) in [6, 6.07) is 9.74. The molecule has 0 radical (unpaired) electrons. The second kappa shape index (κ2) is 7.65. The van der Waals surface area contributed by atoms with E-state index in [-0.39, 0.29) is 17.7 Å². The first-order valence-electron chi connectivity index (χ1n) is 9.13. The number of nitrogens with zero attached hydrogens (tertiary/aromatic N) is 4. The zero-order valence-corrected chi connectivity index (χ0v) is 15.3. The number of pyridine rings is 1. The fourth-order valence-electron chi connectivity index (χ4n) is 3.33. The molecule has 29 heavy (non-hydrogen) atoms. The van der Waals surface area contributed by atoms with Gasteiger partial charge >= 0.3 is 6.18 Å². The Kier molecular flexibility index (Phi) is 5.04. The molecule has 1 aliphatic rings. The Morgan fingerprint density at radius 2 is 1.90 bits per heavy atom. The van der Waals surface area contributed by atoms with Gasteiger partial charge in [0.2, 0.25) is 11.8 Å². The van der Waals surface area contributed by atoms with E-state index in [1.54, 1.807) is 29.3 Å². The van der Waals surface area contributed by atoms with Crippen LogP contribution in [0, 0.1) is 0 Å². The molecule has 3 aromatic rings. The molecule has 2 aromatic heterocycles. The van der Waals surface area contributed by atoms with Crippen molar-refractivity contribution >= 4 is 5.91 Å². The lowest BCUT2D eigenvalue weighted by molar-refractivity contribution is -0.137. The van der Waals surface area contributed by atoms with Crippen molar-refractivity contribution < 1.29 is 22.4 Å². The number of piperidine rings is 1. The van der Waals surface area contributed by atoms with Crippen LogP contribution in [-0.2, 0) is 6.18 Å². The maximum absolute atomic E-state index is 12.7. The van der Waals surface area contributed by atoms with Crippen LogP contribution in [0.4, 0.5) is 13.2 Å². The molecular weight excluding hydrogens is 385 g/mol. The standard InChI is InChI=1S/C20H17F3N4O2/c21-20(22,23)15-8-6-13(7-9-15)17-25-26-18(29-17)14-4-3-11-27(12-14)19(28)16-5-1-2-10-24-16/h1-2,5-10,14H,3-4,11-12H2. The normalized spacial score (nSPS) is 17.3. The number of hydrogen-bond donors (Lipinski definition) is 0. The highest BCUT2D eigenvalue weighted by Gasteiger charge is 2.31. The molecule has 0 saturated carbocycles. The monoisotopic (exact) mass is 402 g/mol. The third kappa shape index (κ3) is 4.13. The van der Waals surface area contributed by atoms with E-state index < -0.39 is 11.7 Å². The molecule has 1 unspecified atom stereocenters. The van der Waals surface area contributed by atoms with Crippen molar-refractivity contribution in [3.8, 4) is 11.5 Å². The summed E-state index contributed by atoms with van der Waals surface area (Å²) in [6.07, 6.45) is -1.27. The fraction of sp³-hybridized carbons (Fsp3) is 0.300. The molecule has 1 fully saturated rings. The molecule has 0 spiro atoms. The van der Waals surface area contributed by atoms with E-state index in [2.05, 4.69) is 15.2 Å². The highest BCUT2D eigenvalue weighted by molar-refractivity contribution is 5.92. The van der Waals surface area contributed by atoms with Crippen molar-refractivity contribution in [2.75, 3.05) is 13.1 Å². The minimum atomic E-state index is -4.40. The Morgan fingerprint density at radius 3 is 2.59 bits per heavy atom. The number of likely N-dealkylation sites (tertiary alicyclic amines) is 1. The minimum absolute atomic E-state index is 0.132. The molecule has 3 heterocycles. The Balaban J connectivity index is 1.48. The van der Waals surface area contributed by atoms with Crippen molar-refractivity contribution in [2.24, 2.45) is 0 Å². The molecule has 0 bridgehead atoms. The molecule has 1 saturated heterocycles. The van der Waals surface area contributed by atoms with Gasteiger partial charge < -0.3 is 9.32 Å². The van der Waals surface area contributed by atoms with Gasteiger partial charge in [0.1, 0.15) is 5.69 Å². The summed E-state index contributed by atoms with van der Waals surface area (Å²) in [5.41, 5.74) is 0.0510. The molecule has 1 amide bonds. The Bertz CT molecular complexity index is 987. The number of carbonyl (C=O) groups is 1. The maximum atomic E-state index is 12.7. The Hall–Kier alpha value is -3.23. The molecule has 1 atom stereocenters. The molecule has 1 aromatic carbocycles. The average Bonchev–Trinajstić information content (AvgIpc) is 3.24. The van der Waals surface area contributed by atoms with E-state index in [9.17, 15) is 18.0 Å². The zero-order chi connectivity index (χ0) is 20.4. The van der Waals surface area contributed by atoms with E-state index in [1.807, 2.05) is 0 Å². The van der Waals surface area contributed by atoms with Crippen molar-refractivity contribution in [3.05, 3.63) is 65.8 Å². The minimum Gasteiger partial charge on any atom is -0.420 e. The quantitative estimate of drug-likeness (QED) is 0.658. The lowest BCUT2D eigenvalue weighted by Gasteiger charge is -2.30. The van der Waals surface area contributed by atoms with E-state index in [1.165, 1.54) is 12.1 Å². The first kappa shape index (κ1) is 19.1. The lowest BCUT2D eigenvalue weighted by atomic mass is 9.97. The highest BCUT2D eigenvalue weighted by Crippen LogP contribution is 2.32. The van der Waals surface area contributed by atoms with Gasteiger partial charge in [0, 0.05) is 24.8 Å². The first-order chi connectivity index (χ1) is 13.9. The number of rotatable bonds is 3. The van der Waals surface area contributed by atoms with E-state index in [0.717, 1.165) is 25.0 Å². The molecule has 1 aliphatic heterocycles. The number of amides is 1. The van der Waals surface area contributed by atoms with E-state index in [4.69, 9.17) is 4.42 Å². The second-order valence-corrected chi connectivity index (χ2v) is 6.83. The highest BCUT2D eigenvalue weighted by atomic mass is 19.4. The van der Waals surface area contributed by atoms with Crippen LogP contribution in [0.25, 0.3) is 11.5 Å². The summed E-state index contributed by atoms with van der Waals surface area (Å²) < 4.78 is 43.8. The predicted molar refractivity (Wildman–Crippen MR) is 96.9 cm³/mol. The van der Waals surface area contributed by atoms with Crippen LogP contribution >= 0.6 is 0 Å². The first-order valence-corrected chi connectivity index (χ1v) is 9.13. The van der Waals surface area contributed by atoms with Gasteiger partial charge in [-0.1, -0.05) is 6.07 Å². The number of halogens is 3. The van der Waals surface area contributed by atoms with Gasteiger partial charge in [-0.3, -0.25) is 9.78 Å². The van der Waals surface area contributed by atoms with Gasteiger partial charge in [-0.15, -0.1) is 10.2 Å². The molecule has 9 heteroatoms. The third-order valence-electron chi connectivity index (χ3n) is 4.84. The van der Waals surface area contributed by atoms with Crippen LogP contribution in [0.15, 0.2) is 53.1 Å². The number of alkyl halides is 3. The van der Waals surface area contributed by atoms with Crippen LogP contribution < -0.4 is 0 Å². The van der Waals surface area contributed by atoms with Gasteiger partial charge in [0.15, 0.2) is 0 Å². The summed E-state index contributed by atoms with van der Waals surface area (Å²) >= 11 is 0. The van der Waals surface area contributed by atoms with Gasteiger partial charge in [-0.2, -0.15) is 13.2 Å². The van der Waals surface area contributed by atoms with Crippen molar-refractivity contribution in [1.82, 2.24) is 20.1 Å². The molecule has 4 rings (SSSR count). The van der Waals surface area contributed by atoms with Crippen molar-refractivity contribution in [2.45, 2.75) is 24.9 Å². The van der Waals surface area contributed by atoms with Gasteiger partial charge in [0.05, 0.1) is 11.5 Å².